The lowest BCUT2D eigenvalue weighted by atomic mass is 9.99. The van der Waals surface area contributed by atoms with Gasteiger partial charge in [0.2, 0.25) is 0 Å². The number of hydrogen-bond acceptors (Lipinski definition) is 3. The zero-order valence-electron chi connectivity index (χ0n) is 11.7. The summed E-state index contributed by atoms with van der Waals surface area (Å²) in [6.07, 6.45) is 0.563. The lowest BCUT2D eigenvalue weighted by molar-refractivity contribution is -0.131. The van der Waals surface area contributed by atoms with Gasteiger partial charge in [-0.25, -0.2) is 4.79 Å². The molecule has 1 aliphatic rings. The predicted octanol–water partition coefficient (Wildman–Crippen LogP) is 2.68. The van der Waals surface area contributed by atoms with Crippen LogP contribution in [0.4, 0.5) is 4.79 Å². The Morgan fingerprint density at radius 1 is 1.40 bits per heavy atom. The molecule has 2 rings (SSSR count). The first-order chi connectivity index (χ1) is 9.41. The summed E-state index contributed by atoms with van der Waals surface area (Å²) >= 11 is 3.43. The second-order valence-corrected chi connectivity index (χ2v) is 5.82. The summed E-state index contributed by atoms with van der Waals surface area (Å²) in [5.41, 5.74) is 0.0239. The van der Waals surface area contributed by atoms with Crippen LogP contribution in [0.1, 0.15) is 25.8 Å². The normalized spacial score (nSPS) is 22.1. The van der Waals surface area contributed by atoms with Crippen LogP contribution < -0.4 is 10.1 Å². The van der Waals surface area contributed by atoms with Crippen molar-refractivity contribution in [2.24, 2.45) is 0 Å². The topological polar surface area (TPSA) is 58.6 Å². The summed E-state index contributed by atoms with van der Waals surface area (Å²) in [6, 6.07) is 5.11. The van der Waals surface area contributed by atoms with Crippen LogP contribution in [-0.4, -0.2) is 29.5 Å². The fraction of sp³-hybridized carbons (Fsp3) is 0.429. The molecular formula is C14H17BrN2O3. The van der Waals surface area contributed by atoms with Crippen LogP contribution in [0.3, 0.4) is 0 Å². The van der Waals surface area contributed by atoms with Crippen LogP contribution in [0.5, 0.6) is 5.75 Å². The van der Waals surface area contributed by atoms with E-state index >= 15 is 0 Å². The van der Waals surface area contributed by atoms with Crippen molar-refractivity contribution >= 4 is 27.9 Å². The lowest BCUT2D eigenvalue weighted by Gasteiger charge is -2.19. The molecule has 0 spiro atoms. The average Bonchev–Trinajstić information content (AvgIpc) is 2.65. The van der Waals surface area contributed by atoms with E-state index in [0.717, 1.165) is 10.0 Å². The average molecular weight is 341 g/mol. The highest BCUT2D eigenvalue weighted by Gasteiger charge is 2.46. The van der Waals surface area contributed by atoms with E-state index in [1.807, 2.05) is 25.1 Å². The minimum absolute atomic E-state index is 0.195. The SMILES string of the molecule is CCC1(C)NC(=O)N(Cc2cc(OC)ccc2Br)C1=O. The number of rotatable bonds is 4. The summed E-state index contributed by atoms with van der Waals surface area (Å²) in [5.74, 6) is 0.494. The Hall–Kier alpha value is -1.56. The number of carbonyl (C=O) groups excluding carboxylic acids is 2. The highest BCUT2D eigenvalue weighted by Crippen LogP contribution is 2.27. The molecule has 0 aliphatic carbocycles. The number of urea groups is 1. The highest BCUT2D eigenvalue weighted by atomic mass is 79.9. The monoisotopic (exact) mass is 340 g/mol. The number of hydrogen-bond donors (Lipinski definition) is 1. The maximum absolute atomic E-state index is 12.3. The van der Waals surface area contributed by atoms with Gasteiger partial charge in [-0.3, -0.25) is 9.69 Å². The summed E-state index contributed by atoms with van der Waals surface area (Å²) in [5, 5.41) is 2.74. The fourth-order valence-corrected chi connectivity index (χ4v) is 2.47. The van der Waals surface area contributed by atoms with Crippen LogP contribution in [0.15, 0.2) is 22.7 Å². The standard InChI is InChI=1S/C14H17BrN2O3/c1-4-14(2)12(18)17(13(19)16-14)8-9-7-10(20-3)5-6-11(9)15/h5-7H,4,8H2,1-3H3,(H,16,19). The van der Waals surface area contributed by atoms with Gasteiger partial charge in [0, 0.05) is 4.47 Å². The van der Waals surface area contributed by atoms with Crippen LogP contribution in [-0.2, 0) is 11.3 Å². The predicted molar refractivity (Wildman–Crippen MR) is 78.5 cm³/mol. The molecule has 6 heteroatoms. The van der Waals surface area contributed by atoms with Crippen molar-refractivity contribution in [2.75, 3.05) is 7.11 Å². The molecule has 0 radical (unpaired) electrons. The molecule has 108 valence electrons. The minimum atomic E-state index is -0.803. The zero-order chi connectivity index (χ0) is 14.9. The van der Waals surface area contributed by atoms with E-state index in [0.29, 0.717) is 12.2 Å². The van der Waals surface area contributed by atoms with Gasteiger partial charge >= 0.3 is 6.03 Å². The van der Waals surface area contributed by atoms with E-state index in [4.69, 9.17) is 4.74 Å². The smallest absolute Gasteiger partial charge is 0.325 e. The number of amides is 3. The number of halogens is 1. The van der Waals surface area contributed by atoms with Crippen molar-refractivity contribution < 1.29 is 14.3 Å². The molecule has 0 aromatic heterocycles. The first kappa shape index (κ1) is 14.8. The Kier molecular flexibility index (Phi) is 4.04. The molecular weight excluding hydrogens is 324 g/mol. The van der Waals surface area contributed by atoms with Gasteiger partial charge < -0.3 is 10.1 Å². The third-order valence-corrected chi connectivity index (χ3v) is 4.41. The number of ether oxygens (including phenoxy) is 1. The Morgan fingerprint density at radius 3 is 2.65 bits per heavy atom. The molecule has 1 heterocycles. The number of methoxy groups -OCH3 is 1. The Balaban J connectivity index is 2.26. The molecule has 1 saturated heterocycles. The third kappa shape index (κ3) is 2.52. The van der Waals surface area contributed by atoms with Crippen molar-refractivity contribution in [2.45, 2.75) is 32.4 Å². The van der Waals surface area contributed by atoms with Crippen molar-refractivity contribution in [1.82, 2.24) is 10.2 Å². The van der Waals surface area contributed by atoms with Gasteiger partial charge in [-0.2, -0.15) is 0 Å². The Bertz CT molecular complexity index is 561. The van der Waals surface area contributed by atoms with Gasteiger partial charge in [-0.1, -0.05) is 22.9 Å². The molecule has 3 amide bonds. The van der Waals surface area contributed by atoms with E-state index in [2.05, 4.69) is 21.2 Å². The van der Waals surface area contributed by atoms with Crippen molar-refractivity contribution in [3.63, 3.8) is 0 Å². The number of benzene rings is 1. The lowest BCUT2D eigenvalue weighted by Crippen LogP contribution is -2.43. The molecule has 1 N–H and O–H groups in total. The molecule has 0 bridgehead atoms. The van der Waals surface area contributed by atoms with Gasteiger partial charge in [0.05, 0.1) is 13.7 Å². The number of carbonyl (C=O) groups is 2. The third-order valence-electron chi connectivity index (χ3n) is 3.63. The Morgan fingerprint density at radius 2 is 2.10 bits per heavy atom. The number of nitrogens with zero attached hydrogens (tertiary/aromatic N) is 1. The minimum Gasteiger partial charge on any atom is -0.497 e. The maximum atomic E-state index is 12.3. The zero-order valence-corrected chi connectivity index (χ0v) is 13.3. The molecule has 1 aromatic carbocycles. The maximum Gasteiger partial charge on any atom is 0.325 e. The van der Waals surface area contributed by atoms with Crippen LogP contribution in [0, 0.1) is 0 Å². The molecule has 0 saturated carbocycles. The first-order valence-electron chi connectivity index (χ1n) is 6.38. The second-order valence-electron chi connectivity index (χ2n) is 4.96. The van der Waals surface area contributed by atoms with Crippen molar-refractivity contribution in [1.29, 1.82) is 0 Å². The van der Waals surface area contributed by atoms with Gasteiger partial charge in [-0.05, 0) is 37.1 Å². The quantitative estimate of drug-likeness (QED) is 0.857. The molecule has 1 aromatic rings. The van der Waals surface area contributed by atoms with Crippen LogP contribution in [0.2, 0.25) is 0 Å². The molecule has 1 aliphatic heterocycles. The van der Waals surface area contributed by atoms with Gasteiger partial charge in [0.1, 0.15) is 11.3 Å². The summed E-state index contributed by atoms with van der Waals surface area (Å²) in [7, 11) is 1.58. The molecule has 5 nitrogen and oxygen atoms in total. The van der Waals surface area contributed by atoms with E-state index in [1.165, 1.54) is 4.90 Å². The number of nitrogens with one attached hydrogen (secondary N) is 1. The summed E-state index contributed by atoms with van der Waals surface area (Å²) in [4.78, 5) is 25.6. The van der Waals surface area contributed by atoms with Gasteiger partial charge in [0.15, 0.2) is 0 Å². The molecule has 1 fully saturated rings. The largest absolute Gasteiger partial charge is 0.497 e. The fourth-order valence-electron chi connectivity index (χ4n) is 2.10. The Labute approximate surface area is 126 Å². The number of imide groups is 1. The van der Waals surface area contributed by atoms with Gasteiger partial charge in [0.25, 0.3) is 5.91 Å². The summed E-state index contributed by atoms with van der Waals surface area (Å²) in [6.45, 7) is 3.84. The van der Waals surface area contributed by atoms with E-state index in [-0.39, 0.29) is 18.5 Å². The van der Waals surface area contributed by atoms with Crippen LogP contribution >= 0.6 is 15.9 Å². The molecule has 20 heavy (non-hydrogen) atoms. The first-order valence-corrected chi connectivity index (χ1v) is 7.17. The van der Waals surface area contributed by atoms with Crippen molar-refractivity contribution in [3.8, 4) is 5.75 Å². The van der Waals surface area contributed by atoms with E-state index in [9.17, 15) is 9.59 Å². The highest BCUT2D eigenvalue weighted by molar-refractivity contribution is 9.10. The second kappa shape index (κ2) is 5.44. The van der Waals surface area contributed by atoms with Gasteiger partial charge in [-0.15, -0.1) is 0 Å². The molecule has 1 atom stereocenters. The van der Waals surface area contributed by atoms with E-state index in [1.54, 1.807) is 14.0 Å². The van der Waals surface area contributed by atoms with E-state index < -0.39 is 5.54 Å². The molecule has 1 unspecified atom stereocenters. The van der Waals surface area contributed by atoms with Crippen molar-refractivity contribution in [3.05, 3.63) is 28.2 Å². The van der Waals surface area contributed by atoms with Crippen LogP contribution in [0.25, 0.3) is 0 Å². The summed E-state index contributed by atoms with van der Waals surface area (Å²) < 4.78 is 6.00.